The maximum atomic E-state index is 13.2. The van der Waals surface area contributed by atoms with Crippen LogP contribution in [0.5, 0.6) is 0 Å². The molecule has 0 aliphatic heterocycles. The third-order valence-electron chi connectivity index (χ3n) is 4.87. The van der Waals surface area contributed by atoms with Crippen molar-refractivity contribution >= 4 is 34.8 Å². The van der Waals surface area contributed by atoms with E-state index < -0.39 is 6.04 Å². The predicted molar refractivity (Wildman–Crippen MR) is 108 cm³/mol. The minimum Gasteiger partial charge on any atom is -0.351 e. The molecule has 2 heterocycles. The van der Waals surface area contributed by atoms with Crippen LogP contribution in [0.15, 0.2) is 42.0 Å². The van der Waals surface area contributed by atoms with E-state index in [0.29, 0.717) is 6.54 Å². The van der Waals surface area contributed by atoms with Gasteiger partial charge in [0.05, 0.1) is 6.54 Å². The van der Waals surface area contributed by atoms with Gasteiger partial charge in [0.2, 0.25) is 11.8 Å². The molecule has 2 aromatic heterocycles. The number of hydrogen-bond donors (Lipinski definition) is 1. The standard InChI is InChI=1S/C20H24ClN3O2S/c21-13-18(25)24(14-17-7-4-12-27-17)19(15-8-10-22-11-9-15)20(26)23-16-5-2-1-3-6-16/h4,7-12,16,19H,1-3,5-6,13-14H2,(H,23,26)/t19-/m0/s1. The maximum absolute atomic E-state index is 13.2. The average Bonchev–Trinajstić information content (AvgIpc) is 3.22. The van der Waals surface area contributed by atoms with E-state index in [4.69, 9.17) is 11.6 Å². The van der Waals surface area contributed by atoms with Crippen molar-refractivity contribution in [2.75, 3.05) is 5.88 Å². The summed E-state index contributed by atoms with van der Waals surface area (Å²) in [6.45, 7) is 0.355. The van der Waals surface area contributed by atoms with E-state index >= 15 is 0 Å². The number of carbonyl (C=O) groups is 2. The topological polar surface area (TPSA) is 62.3 Å². The Morgan fingerprint density at radius 1 is 1.22 bits per heavy atom. The van der Waals surface area contributed by atoms with Gasteiger partial charge in [-0.15, -0.1) is 22.9 Å². The zero-order valence-electron chi connectivity index (χ0n) is 15.1. The number of hydrogen-bond acceptors (Lipinski definition) is 4. The lowest BCUT2D eigenvalue weighted by atomic mass is 9.94. The van der Waals surface area contributed by atoms with Gasteiger partial charge >= 0.3 is 0 Å². The largest absolute Gasteiger partial charge is 0.351 e. The van der Waals surface area contributed by atoms with E-state index in [9.17, 15) is 9.59 Å². The third kappa shape index (κ3) is 5.30. The number of nitrogens with zero attached hydrogens (tertiary/aromatic N) is 2. The molecule has 3 rings (SSSR count). The first-order chi connectivity index (χ1) is 13.2. The van der Waals surface area contributed by atoms with Gasteiger partial charge in [0.1, 0.15) is 11.9 Å². The predicted octanol–water partition coefficient (Wildman–Crippen LogP) is 3.90. The molecule has 0 aromatic carbocycles. The molecule has 7 heteroatoms. The number of alkyl halides is 1. The minimum absolute atomic E-state index is 0.150. The highest BCUT2D eigenvalue weighted by Gasteiger charge is 2.32. The lowest BCUT2D eigenvalue weighted by Gasteiger charge is -2.32. The highest BCUT2D eigenvalue weighted by molar-refractivity contribution is 7.09. The summed E-state index contributed by atoms with van der Waals surface area (Å²) in [5.74, 6) is -0.572. The maximum Gasteiger partial charge on any atom is 0.247 e. The van der Waals surface area contributed by atoms with Crippen LogP contribution in [-0.2, 0) is 16.1 Å². The summed E-state index contributed by atoms with van der Waals surface area (Å²) in [4.78, 5) is 32.5. The first-order valence-corrected chi connectivity index (χ1v) is 10.7. The van der Waals surface area contributed by atoms with E-state index in [0.717, 1.165) is 36.1 Å². The molecule has 0 saturated heterocycles. The van der Waals surface area contributed by atoms with Gasteiger partial charge in [0.15, 0.2) is 0 Å². The van der Waals surface area contributed by atoms with Crippen LogP contribution < -0.4 is 5.32 Å². The van der Waals surface area contributed by atoms with Crippen LogP contribution in [0.3, 0.4) is 0 Å². The Labute approximate surface area is 168 Å². The van der Waals surface area contributed by atoms with Crippen molar-refractivity contribution in [3.8, 4) is 0 Å². The highest BCUT2D eigenvalue weighted by atomic mass is 35.5. The summed E-state index contributed by atoms with van der Waals surface area (Å²) in [6.07, 6.45) is 8.74. The second kappa shape index (κ2) is 9.85. The minimum atomic E-state index is -0.719. The molecule has 1 saturated carbocycles. The Morgan fingerprint density at radius 3 is 2.59 bits per heavy atom. The number of rotatable bonds is 7. The zero-order valence-corrected chi connectivity index (χ0v) is 16.7. The van der Waals surface area contributed by atoms with Gasteiger partial charge in [-0.2, -0.15) is 0 Å². The molecule has 1 N–H and O–H groups in total. The Hall–Kier alpha value is -1.92. The Balaban J connectivity index is 1.88. The van der Waals surface area contributed by atoms with E-state index in [2.05, 4.69) is 10.3 Å². The molecule has 2 aromatic rings. The Bertz CT molecular complexity index is 733. The van der Waals surface area contributed by atoms with Gasteiger partial charge < -0.3 is 10.2 Å². The molecular weight excluding hydrogens is 382 g/mol. The van der Waals surface area contributed by atoms with E-state index in [1.54, 1.807) is 40.8 Å². The molecule has 5 nitrogen and oxygen atoms in total. The smallest absolute Gasteiger partial charge is 0.247 e. The number of nitrogens with one attached hydrogen (secondary N) is 1. The van der Waals surface area contributed by atoms with Gasteiger partial charge in [-0.3, -0.25) is 14.6 Å². The first kappa shape index (κ1) is 19.8. The quantitative estimate of drug-likeness (QED) is 0.710. The Kier molecular flexibility index (Phi) is 7.24. The molecule has 0 bridgehead atoms. The van der Waals surface area contributed by atoms with Gasteiger partial charge in [-0.25, -0.2) is 0 Å². The number of thiophene rings is 1. The first-order valence-electron chi connectivity index (χ1n) is 9.27. The molecule has 144 valence electrons. The normalized spacial score (nSPS) is 15.9. The number of carbonyl (C=O) groups excluding carboxylic acids is 2. The average molecular weight is 406 g/mol. The van der Waals surface area contributed by atoms with Crippen LogP contribution in [-0.4, -0.2) is 33.6 Å². The van der Waals surface area contributed by atoms with Crippen molar-refractivity contribution in [2.45, 2.75) is 50.7 Å². The fourth-order valence-corrected chi connectivity index (χ4v) is 4.37. The molecule has 2 amide bonds. The summed E-state index contributed by atoms with van der Waals surface area (Å²) >= 11 is 7.44. The second-order valence-electron chi connectivity index (χ2n) is 6.76. The Morgan fingerprint density at radius 2 is 1.96 bits per heavy atom. The SMILES string of the molecule is O=C(NC1CCCCC1)[C@H](c1ccncc1)N(Cc1cccs1)C(=O)CCl. The molecule has 1 fully saturated rings. The van der Waals surface area contributed by atoms with Crippen molar-refractivity contribution in [2.24, 2.45) is 0 Å². The van der Waals surface area contributed by atoms with Crippen molar-refractivity contribution in [3.63, 3.8) is 0 Å². The van der Waals surface area contributed by atoms with E-state index in [-0.39, 0.29) is 23.7 Å². The van der Waals surface area contributed by atoms with Crippen molar-refractivity contribution in [3.05, 3.63) is 52.5 Å². The summed E-state index contributed by atoms with van der Waals surface area (Å²) in [5.41, 5.74) is 0.744. The number of pyridine rings is 1. The number of halogens is 1. The summed E-state index contributed by atoms with van der Waals surface area (Å²) in [5, 5.41) is 5.12. The van der Waals surface area contributed by atoms with Crippen molar-refractivity contribution < 1.29 is 9.59 Å². The molecule has 0 unspecified atom stereocenters. The monoisotopic (exact) mass is 405 g/mol. The van der Waals surface area contributed by atoms with Crippen molar-refractivity contribution in [1.29, 1.82) is 0 Å². The van der Waals surface area contributed by atoms with E-state index in [1.165, 1.54) is 6.42 Å². The highest BCUT2D eigenvalue weighted by Crippen LogP contribution is 2.26. The summed E-state index contributed by atoms with van der Waals surface area (Å²) in [7, 11) is 0. The fraction of sp³-hybridized carbons (Fsp3) is 0.450. The molecule has 1 aliphatic rings. The van der Waals surface area contributed by atoms with E-state index in [1.807, 2.05) is 17.5 Å². The van der Waals surface area contributed by atoms with Crippen LogP contribution >= 0.6 is 22.9 Å². The van der Waals surface area contributed by atoms with Crippen LogP contribution in [0.4, 0.5) is 0 Å². The molecule has 0 radical (unpaired) electrons. The molecular formula is C20H24ClN3O2S. The lowest BCUT2D eigenvalue weighted by Crippen LogP contribution is -2.47. The molecule has 1 aliphatic carbocycles. The third-order valence-corrected chi connectivity index (χ3v) is 5.96. The molecule has 1 atom stereocenters. The summed E-state index contributed by atoms with van der Waals surface area (Å²) < 4.78 is 0. The summed E-state index contributed by atoms with van der Waals surface area (Å²) in [6, 6.07) is 6.92. The lowest BCUT2D eigenvalue weighted by molar-refractivity contribution is -0.140. The van der Waals surface area contributed by atoms with Gasteiger partial charge in [-0.1, -0.05) is 25.3 Å². The fourth-order valence-electron chi connectivity index (χ4n) is 3.52. The van der Waals surface area contributed by atoms with Gasteiger partial charge in [0.25, 0.3) is 0 Å². The van der Waals surface area contributed by atoms with Crippen LogP contribution in [0.2, 0.25) is 0 Å². The number of amides is 2. The van der Waals surface area contributed by atoms with Gasteiger partial charge in [0, 0.05) is 23.3 Å². The molecule has 27 heavy (non-hydrogen) atoms. The van der Waals surface area contributed by atoms with Gasteiger partial charge in [-0.05, 0) is 42.0 Å². The molecule has 0 spiro atoms. The zero-order chi connectivity index (χ0) is 19.1. The second-order valence-corrected chi connectivity index (χ2v) is 8.06. The van der Waals surface area contributed by atoms with Crippen LogP contribution in [0.25, 0.3) is 0 Å². The van der Waals surface area contributed by atoms with Crippen LogP contribution in [0.1, 0.15) is 48.6 Å². The van der Waals surface area contributed by atoms with Crippen molar-refractivity contribution in [1.82, 2.24) is 15.2 Å². The number of aromatic nitrogens is 1. The van der Waals surface area contributed by atoms with Crippen LogP contribution in [0, 0.1) is 0 Å².